The maximum Gasteiger partial charge on any atom is 0.185 e. The molecule has 0 saturated carbocycles. The maximum atomic E-state index is 4.35. The Morgan fingerprint density at radius 2 is 2.24 bits per heavy atom. The van der Waals surface area contributed by atoms with Crippen molar-refractivity contribution < 1.29 is 0 Å². The lowest BCUT2D eigenvalue weighted by Crippen LogP contribution is -2.48. The normalized spacial score (nSPS) is 17.3. The molecule has 0 aromatic carbocycles. The van der Waals surface area contributed by atoms with Crippen LogP contribution in [0.15, 0.2) is 24.2 Å². The van der Waals surface area contributed by atoms with Gasteiger partial charge in [-0.2, -0.15) is 0 Å². The summed E-state index contributed by atoms with van der Waals surface area (Å²) in [6.07, 6.45) is 3.78. The molecule has 1 saturated heterocycles. The van der Waals surface area contributed by atoms with E-state index in [1.165, 1.54) is 0 Å². The van der Waals surface area contributed by atoms with E-state index in [0.717, 1.165) is 50.9 Å². The maximum absolute atomic E-state index is 4.35. The van der Waals surface area contributed by atoms with Gasteiger partial charge < -0.3 is 10.2 Å². The summed E-state index contributed by atoms with van der Waals surface area (Å²) in [5.41, 5.74) is 0. The Morgan fingerprint density at radius 3 is 2.88 bits per heavy atom. The molecule has 0 atom stereocenters. The molecule has 1 fully saturated rings. The SMILES string of the molecule is C=CCNCCN1CCN(c2nccs2)CC1. The first-order valence-electron chi connectivity index (χ1n) is 6.08. The molecule has 0 spiro atoms. The molecule has 0 amide bonds. The van der Waals surface area contributed by atoms with Gasteiger partial charge in [0.1, 0.15) is 0 Å². The fourth-order valence-corrected chi connectivity index (χ4v) is 2.67. The van der Waals surface area contributed by atoms with Crippen molar-refractivity contribution in [3.8, 4) is 0 Å². The van der Waals surface area contributed by atoms with Gasteiger partial charge in [-0.15, -0.1) is 17.9 Å². The largest absolute Gasteiger partial charge is 0.346 e. The number of aromatic nitrogens is 1. The standard InChI is InChI=1S/C12H20N4S/c1-2-3-13-4-6-15-7-9-16(10-8-15)12-14-5-11-17-12/h2,5,11,13H,1,3-4,6-10H2. The average molecular weight is 252 g/mol. The van der Waals surface area contributed by atoms with Gasteiger partial charge in [-0.1, -0.05) is 6.08 Å². The molecule has 4 nitrogen and oxygen atoms in total. The van der Waals surface area contributed by atoms with Crippen LogP contribution in [0.4, 0.5) is 5.13 Å². The van der Waals surface area contributed by atoms with Crippen LogP contribution in [-0.2, 0) is 0 Å². The second-order valence-corrected chi connectivity index (χ2v) is 5.01. The van der Waals surface area contributed by atoms with Gasteiger partial charge in [-0.25, -0.2) is 4.98 Å². The molecule has 2 heterocycles. The van der Waals surface area contributed by atoms with Crippen LogP contribution in [-0.4, -0.2) is 55.7 Å². The van der Waals surface area contributed by atoms with Crippen LogP contribution >= 0.6 is 11.3 Å². The third kappa shape index (κ3) is 3.80. The molecule has 5 heteroatoms. The van der Waals surface area contributed by atoms with Crippen molar-refractivity contribution >= 4 is 16.5 Å². The van der Waals surface area contributed by atoms with Crippen molar-refractivity contribution in [1.29, 1.82) is 0 Å². The van der Waals surface area contributed by atoms with Gasteiger partial charge in [0, 0.05) is 57.4 Å². The van der Waals surface area contributed by atoms with Crippen molar-refractivity contribution in [2.45, 2.75) is 0 Å². The summed E-state index contributed by atoms with van der Waals surface area (Å²) < 4.78 is 0. The highest BCUT2D eigenvalue weighted by Crippen LogP contribution is 2.18. The summed E-state index contributed by atoms with van der Waals surface area (Å²) in [4.78, 5) is 9.23. The van der Waals surface area contributed by atoms with E-state index < -0.39 is 0 Å². The van der Waals surface area contributed by atoms with Gasteiger partial charge in [-0.3, -0.25) is 4.90 Å². The fraction of sp³-hybridized carbons (Fsp3) is 0.583. The molecule has 0 aliphatic carbocycles. The number of rotatable bonds is 6. The number of piperazine rings is 1. The van der Waals surface area contributed by atoms with E-state index >= 15 is 0 Å². The highest BCUT2D eigenvalue weighted by atomic mass is 32.1. The summed E-state index contributed by atoms with van der Waals surface area (Å²) in [5, 5.41) is 6.54. The minimum atomic E-state index is 0.902. The molecule has 0 unspecified atom stereocenters. The number of anilines is 1. The molecule has 1 aromatic heterocycles. The topological polar surface area (TPSA) is 31.4 Å². The summed E-state index contributed by atoms with van der Waals surface area (Å²) in [7, 11) is 0. The van der Waals surface area contributed by atoms with Crippen LogP contribution in [0.5, 0.6) is 0 Å². The lowest BCUT2D eigenvalue weighted by atomic mass is 10.3. The van der Waals surface area contributed by atoms with E-state index in [4.69, 9.17) is 0 Å². The fourth-order valence-electron chi connectivity index (χ4n) is 1.98. The van der Waals surface area contributed by atoms with Gasteiger partial charge in [-0.05, 0) is 0 Å². The Bertz CT molecular complexity index is 317. The average Bonchev–Trinajstić information content (AvgIpc) is 2.89. The number of thiazole rings is 1. The first kappa shape index (κ1) is 12.5. The van der Waals surface area contributed by atoms with Gasteiger partial charge >= 0.3 is 0 Å². The van der Waals surface area contributed by atoms with Crippen molar-refractivity contribution in [2.24, 2.45) is 0 Å². The predicted molar refractivity (Wildman–Crippen MR) is 73.8 cm³/mol. The summed E-state index contributed by atoms with van der Waals surface area (Å²) in [5.74, 6) is 0. The Labute approximate surface area is 107 Å². The van der Waals surface area contributed by atoms with Crippen LogP contribution in [0.2, 0.25) is 0 Å². The third-order valence-electron chi connectivity index (χ3n) is 2.96. The minimum absolute atomic E-state index is 0.902. The van der Waals surface area contributed by atoms with E-state index in [2.05, 4.69) is 26.7 Å². The van der Waals surface area contributed by atoms with Crippen LogP contribution in [0.1, 0.15) is 0 Å². The first-order valence-corrected chi connectivity index (χ1v) is 6.96. The van der Waals surface area contributed by atoms with Crippen molar-refractivity contribution in [2.75, 3.05) is 50.7 Å². The molecule has 17 heavy (non-hydrogen) atoms. The number of nitrogens with one attached hydrogen (secondary N) is 1. The van der Waals surface area contributed by atoms with Crippen molar-refractivity contribution in [3.05, 3.63) is 24.2 Å². The Morgan fingerprint density at radius 1 is 1.41 bits per heavy atom. The van der Waals surface area contributed by atoms with Gasteiger partial charge in [0.2, 0.25) is 0 Å². The van der Waals surface area contributed by atoms with Gasteiger partial charge in [0.15, 0.2) is 5.13 Å². The molecule has 0 radical (unpaired) electrons. The smallest absolute Gasteiger partial charge is 0.185 e. The zero-order valence-corrected chi connectivity index (χ0v) is 11.0. The molecular formula is C12H20N4S. The Hall–Kier alpha value is -0.910. The molecule has 1 aromatic rings. The van der Waals surface area contributed by atoms with E-state index in [-0.39, 0.29) is 0 Å². The lowest BCUT2D eigenvalue weighted by Gasteiger charge is -2.34. The van der Waals surface area contributed by atoms with E-state index in [9.17, 15) is 0 Å². The second kappa shape index (κ2) is 6.74. The summed E-state index contributed by atoms with van der Waals surface area (Å²) in [6, 6.07) is 0. The summed E-state index contributed by atoms with van der Waals surface area (Å²) >= 11 is 1.73. The number of hydrogen-bond acceptors (Lipinski definition) is 5. The monoisotopic (exact) mass is 252 g/mol. The molecule has 0 bridgehead atoms. The second-order valence-electron chi connectivity index (χ2n) is 4.14. The number of hydrogen-bond donors (Lipinski definition) is 1. The lowest BCUT2D eigenvalue weighted by molar-refractivity contribution is 0.259. The highest BCUT2D eigenvalue weighted by molar-refractivity contribution is 7.13. The van der Waals surface area contributed by atoms with Gasteiger partial charge in [0.25, 0.3) is 0 Å². The number of nitrogens with zero attached hydrogens (tertiary/aromatic N) is 3. The Kier molecular flexibility index (Phi) is 4.97. The summed E-state index contributed by atoms with van der Waals surface area (Å²) in [6.45, 7) is 11.2. The zero-order chi connectivity index (χ0) is 11.9. The molecule has 2 rings (SSSR count). The quantitative estimate of drug-likeness (QED) is 0.605. The molecule has 1 aliphatic heterocycles. The molecule has 1 N–H and O–H groups in total. The van der Waals surface area contributed by atoms with E-state index in [0.29, 0.717) is 0 Å². The van der Waals surface area contributed by atoms with Crippen LogP contribution in [0.25, 0.3) is 0 Å². The van der Waals surface area contributed by atoms with Crippen LogP contribution in [0, 0.1) is 0 Å². The van der Waals surface area contributed by atoms with Crippen molar-refractivity contribution in [1.82, 2.24) is 15.2 Å². The predicted octanol–water partition coefficient (Wildman–Crippen LogP) is 1.04. The first-order chi connectivity index (χ1) is 8.40. The van der Waals surface area contributed by atoms with Crippen molar-refractivity contribution in [3.63, 3.8) is 0 Å². The highest BCUT2D eigenvalue weighted by Gasteiger charge is 2.17. The van der Waals surface area contributed by atoms with E-state index in [1.54, 1.807) is 11.3 Å². The zero-order valence-electron chi connectivity index (χ0n) is 10.1. The molecule has 1 aliphatic rings. The molecule has 94 valence electrons. The van der Waals surface area contributed by atoms with Crippen LogP contribution in [0.3, 0.4) is 0 Å². The molecular weight excluding hydrogens is 232 g/mol. The van der Waals surface area contributed by atoms with E-state index in [1.807, 2.05) is 17.7 Å². The van der Waals surface area contributed by atoms with Crippen LogP contribution < -0.4 is 10.2 Å². The third-order valence-corrected chi connectivity index (χ3v) is 3.79. The van der Waals surface area contributed by atoms with Gasteiger partial charge in [0.05, 0.1) is 0 Å². The minimum Gasteiger partial charge on any atom is -0.346 e. The Balaban J connectivity index is 1.66.